The first-order valence-corrected chi connectivity index (χ1v) is 6.49. The maximum absolute atomic E-state index is 5.70. The molecule has 0 atom stereocenters. The Balaban J connectivity index is 2.43. The van der Waals surface area contributed by atoms with Gasteiger partial charge in [-0.25, -0.2) is 0 Å². The van der Waals surface area contributed by atoms with E-state index in [1.165, 1.54) is 25.7 Å². The Morgan fingerprint density at radius 2 is 1.80 bits per heavy atom. The number of hydrogen-bond donors (Lipinski definition) is 2. The zero-order chi connectivity index (χ0) is 11.5. The quantitative estimate of drug-likeness (QED) is 0.426. The van der Waals surface area contributed by atoms with E-state index in [0.717, 1.165) is 5.92 Å². The van der Waals surface area contributed by atoms with Gasteiger partial charge < -0.3 is 5.73 Å². The smallest absolute Gasteiger partial charge is 0.104 e. The van der Waals surface area contributed by atoms with E-state index < -0.39 is 0 Å². The average Bonchev–Trinajstić information content (AvgIpc) is 2.17. The van der Waals surface area contributed by atoms with Crippen LogP contribution in [0.15, 0.2) is 4.99 Å². The third-order valence-corrected chi connectivity index (χ3v) is 3.76. The zero-order valence-electron chi connectivity index (χ0n) is 10.2. The molecule has 0 heterocycles. The molecule has 0 aromatic rings. The van der Waals surface area contributed by atoms with Crippen LogP contribution in [0.1, 0.15) is 46.5 Å². The van der Waals surface area contributed by atoms with Crippen LogP contribution in [0.25, 0.3) is 0 Å². The van der Waals surface area contributed by atoms with E-state index in [1.54, 1.807) is 0 Å². The largest absolute Gasteiger partial charge is 0.387 e. The summed E-state index contributed by atoms with van der Waals surface area (Å²) in [4.78, 5) is 4.49. The van der Waals surface area contributed by atoms with E-state index >= 15 is 0 Å². The van der Waals surface area contributed by atoms with Gasteiger partial charge in [0.2, 0.25) is 0 Å². The van der Waals surface area contributed by atoms with Crippen molar-refractivity contribution in [2.45, 2.75) is 52.5 Å². The first-order chi connectivity index (χ1) is 6.93. The van der Waals surface area contributed by atoms with E-state index in [1.807, 2.05) is 0 Å². The second kappa shape index (κ2) is 5.24. The van der Waals surface area contributed by atoms with Gasteiger partial charge in [0.25, 0.3) is 0 Å². The van der Waals surface area contributed by atoms with Gasteiger partial charge in [-0.05, 0) is 37.0 Å². The minimum absolute atomic E-state index is 0.448. The summed E-state index contributed by atoms with van der Waals surface area (Å²) < 4.78 is 0. The van der Waals surface area contributed by atoms with Crippen molar-refractivity contribution in [3.05, 3.63) is 0 Å². The van der Waals surface area contributed by atoms with Crippen LogP contribution in [-0.2, 0) is 0 Å². The van der Waals surface area contributed by atoms with Crippen molar-refractivity contribution in [2.24, 2.45) is 22.1 Å². The molecule has 3 heteroatoms. The molecule has 2 N–H and O–H groups in total. The predicted octanol–water partition coefficient (Wildman–Crippen LogP) is 2.88. The first-order valence-electron chi connectivity index (χ1n) is 5.86. The van der Waals surface area contributed by atoms with Gasteiger partial charge in [-0.2, -0.15) is 12.6 Å². The minimum atomic E-state index is 0.448. The zero-order valence-corrected chi connectivity index (χ0v) is 11.1. The molecule has 0 amide bonds. The molecule has 0 aromatic carbocycles. The fourth-order valence-electron chi connectivity index (χ4n) is 2.35. The van der Waals surface area contributed by atoms with Gasteiger partial charge in [0, 0.05) is 5.75 Å². The van der Waals surface area contributed by atoms with Gasteiger partial charge >= 0.3 is 0 Å². The van der Waals surface area contributed by atoms with Crippen molar-refractivity contribution in [2.75, 3.05) is 5.75 Å². The van der Waals surface area contributed by atoms with Crippen LogP contribution < -0.4 is 5.73 Å². The van der Waals surface area contributed by atoms with Crippen molar-refractivity contribution < 1.29 is 0 Å². The fraction of sp³-hybridized carbons (Fsp3) is 0.917. The maximum Gasteiger partial charge on any atom is 0.104 e. The summed E-state index contributed by atoms with van der Waals surface area (Å²) >= 11 is 4.12. The highest BCUT2D eigenvalue weighted by molar-refractivity contribution is 7.81. The topological polar surface area (TPSA) is 38.4 Å². The number of nitrogens with two attached hydrogens (primary N) is 1. The summed E-state index contributed by atoms with van der Waals surface area (Å²) in [7, 11) is 0. The van der Waals surface area contributed by atoms with Crippen LogP contribution in [0.5, 0.6) is 0 Å². The van der Waals surface area contributed by atoms with Gasteiger partial charge in [-0.15, -0.1) is 0 Å². The number of thiol groups is 1. The SMILES string of the molecule is CC(C)(C)C1CCC(N=C(N)CS)CC1. The average molecular weight is 228 g/mol. The number of aliphatic imine (C=N–C) groups is 1. The molecule has 0 bridgehead atoms. The van der Waals surface area contributed by atoms with Crippen LogP contribution in [0.2, 0.25) is 0 Å². The van der Waals surface area contributed by atoms with Crippen molar-refractivity contribution in [3.63, 3.8) is 0 Å². The molecule has 0 saturated heterocycles. The number of hydrogen-bond acceptors (Lipinski definition) is 2. The molecule has 88 valence electrons. The molecule has 0 radical (unpaired) electrons. The third kappa shape index (κ3) is 4.06. The number of rotatable bonds is 2. The lowest BCUT2D eigenvalue weighted by Crippen LogP contribution is -2.28. The van der Waals surface area contributed by atoms with Gasteiger partial charge in [-0.3, -0.25) is 4.99 Å². The lowest BCUT2D eigenvalue weighted by Gasteiger charge is -2.35. The molecule has 1 aliphatic rings. The highest BCUT2D eigenvalue weighted by Gasteiger charge is 2.29. The summed E-state index contributed by atoms with van der Waals surface area (Å²) in [5, 5.41) is 0. The predicted molar refractivity (Wildman–Crippen MR) is 70.7 cm³/mol. The van der Waals surface area contributed by atoms with Crippen molar-refractivity contribution in [3.8, 4) is 0 Å². The molecular weight excluding hydrogens is 204 g/mol. The standard InChI is InChI=1S/C12H24N2S/c1-12(2,3)9-4-6-10(7-5-9)14-11(13)8-15/h9-10,15H,4-8H2,1-3H3,(H2,13,14). The molecule has 2 nitrogen and oxygen atoms in total. The van der Waals surface area contributed by atoms with E-state index in [0.29, 0.717) is 23.0 Å². The third-order valence-electron chi connectivity index (χ3n) is 3.43. The summed E-state index contributed by atoms with van der Waals surface area (Å²) in [5.41, 5.74) is 6.15. The first kappa shape index (κ1) is 12.9. The summed E-state index contributed by atoms with van der Waals surface area (Å²) in [6.45, 7) is 7.01. The summed E-state index contributed by atoms with van der Waals surface area (Å²) in [6.07, 6.45) is 4.96. The van der Waals surface area contributed by atoms with Gasteiger partial charge in [0.15, 0.2) is 0 Å². The lowest BCUT2D eigenvalue weighted by atomic mass is 9.71. The van der Waals surface area contributed by atoms with Crippen molar-refractivity contribution in [1.82, 2.24) is 0 Å². The molecule has 0 aliphatic heterocycles. The van der Waals surface area contributed by atoms with E-state index in [-0.39, 0.29) is 0 Å². The minimum Gasteiger partial charge on any atom is -0.387 e. The molecule has 0 unspecified atom stereocenters. The Morgan fingerprint density at radius 1 is 1.27 bits per heavy atom. The number of nitrogens with zero attached hydrogens (tertiary/aromatic N) is 1. The maximum atomic E-state index is 5.70. The second-order valence-corrected chi connectivity index (χ2v) is 5.97. The van der Waals surface area contributed by atoms with Gasteiger partial charge in [0.1, 0.15) is 5.84 Å². The molecule has 1 aliphatic carbocycles. The highest BCUT2D eigenvalue weighted by Crippen LogP contribution is 2.38. The van der Waals surface area contributed by atoms with Crippen LogP contribution in [0.4, 0.5) is 0 Å². The highest BCUT2D eigenvalue weighted by atomic mass is 32.1. The molecule has 1 rings (SSSR count). The van der Waals surface area contributed by atoms with E-state index in [2.05, 4.69) is 38.4 Å². The number of amidine groups is 1. The van der Waals surface area contributed by atoms with Crippen LogP contribution in [0.3, 0.4) is 0 Å². The van der Waals surface area contributed by atoms with E-state index in [4.69, 9.17) is 5.73 Å². The van der Waals surface area contributed by atoms with Crippen LogP contribution in [-0.4, -0.2) is 17.6 Å². The Morgan fingerprint density at radius 3 is 2.20 bits per heavy atom. The molecule has 1 fully saturated rings. The monoisotopic (exact) mass is 228 g/mol. The van der Waals surface area contributed by atoms with Crippen molar-refractivity contribution >= 4 is 18.5 Å². The Bertz CT molecular complexity index is 222. The molecule has 0 spiro atoms. The Labute approximate surface area is 99.1 Å². The normalized spacial score (nSPS) is 29.2. The summed E-state index contributed by atoms with van der Waals surface area (Å²) in [5.74, 6) is 2.12. The summed E-state index contributed by atoms with van der Waals surface area (Å²) in [6, 6.07) is 0.454. The molecule has 15 heavy (non-hydrogen) atoms. The molecular formula is C12H24N2S. The van der Waals surface area contributed by atoms with Crippen LogP contribution >= 0.6 is 12.6 Å². The lowest BCUT2D eigenvalue weighted by molar-refractivity contribution is 0.170. The molecule has 1 saturated carbocycles. The molecule has 0 aromatic heterocycles. The van der Waals surface area contributed by atoms with E-state index in [9.17, 15) is 0 Å². The van der Waals surface area contributed by atoms with Crippen LogP contribution in [0, 0.1) is 11.3 Å². The fourth-order valence-corrected chi connectivity index (χ4v) is 2.43. The Kier molecular flexibility index (Phi) is 4.50. The Hall–Kier alpha value is -0.180. The second-order valence-electron chi connectivity index (χ2n) is 5.65. The van der Waals surface area contributed by atoms with Gasteiger partial charge in [0.05, 0.1) is 6.04 Å². The van der Waals surface area contributed by atoms with Gasteiger partial charge in [-0.1, -0.05) is 20.8 Å². The van der Waals surface area contributed by atoms with Crippen molar-refractivity contribution in [1.29, 1.82) is 0 Å².